The molecule has 7 heteroatoms. The van der Waals surface area contributed by atoms with Gasteiger partial charge in [0.15, 0.2) is 0 Å². The van der Waals surface area contributed by atoms with Crippen LogP contribution in [0, 0.1) is 6.92 Å². The molecule has 0 aromatic carbocycles. The SMILES string of the molecule is Cc1c(C(=O)NC[C@H](C)O)sc2nc3n(c(=O)c12)CCCCC3. The van der Waals surface area contributed by atoms with Crippen molar-refractivity contribution in [3.63, 3.8) is 0 Å². The van der Waals surface area contributed by atoms with E-state index >= 15 is 0 Å². The summed E-state index contributed by atoms with van der Waals surface area (Å²) in [5.41, 5.74) is 0.653. The van der Waals surface area contributed by atoms with E-state index in [0.29, 0.717) is 27.2 Å². The normalized spacial score (nSPS) is 16.0. The van der Waals surface area contributed by atoms with Crippen LogP contribution in [0.2, 0.25) is 0 Å². The Hall–Kier alpha value is -1.73. The molecule has 23 heavy (non-hydrogen) atoms. The predicted molar refractivity (Wildman–Crippen MR) is 90.2 cm³/mol. The van der Waals surface area contributed by atoms with Crippen LogP contribution in [0.4, 0.5) is 0 Å². The molecule has 1 aliphatic rings. The van der Waals surface area contributed by atoms with Crippen molar-refractivity contribution in [2.24, 2.45) is 0 Å². The van der Waals surface area contributed by atoms with Gasteiger partial charge >= 0.3 is 0 Å². The van der Waals surface area contributed by atoms with Gasteiger partial charge in [-0.25, -0.2) is 4.98 Å². The first kappa shape index (κ1) is 16.1. The Morgan fingerprint density at radius 2 is 2.22 bits per heavy atom. The first-order valence-electron chi connectivity index (χ1n) is 7.98. The first-order valence-corrected chi connectivity index (χ1v) is 8.79. The molecule has 124 valence electrons. The van der Waals surface area contributed by atoms with Gasteiger partial charge in [0.2, 0.25) is 0 Å². The number of amides is 1. The average Bonchev–Trinajstić information content (AvgIpc) is 2.69. The summed E-state index contributed by atoms with van der Waals surface area (Å²) >= 11 is 1.26. The maximum Gasteiger partial charge on any atom is 0.262 e. The molecule has 3 rings (SSSR count). The molecular formula is C16H21N3O3S. The van der Waals surface area contributed by atoms with Gasteiger partial charge in [-0.2, -0.15) is 0 Å². The van der Waals surface area contributed by atoms with Crippen molar-refractivity contribution in [2.45, 2.75) is 52.2 Å². The zero-order valence-electron chi connectivity index (χ0n) is 13.4. The Labute approximate surface area is 138 Å². The summed E-state index contributed by atoms with van der Waals surface area (Å²) < 4.78 is 1.77. The zero-order chi connectivity index (χ0) is 16.6. The van der Waals surface area contributed by atoms with Crippen LogP contribution in [-0.4, -0.2) is 33.2 Å². The van der Waals surface area contributed by atoms with Gasteiger partial charge in [0.1, 0.15) is 10.7 Å². The third-order valence-electron chi connectivity index (χ3n) is 4.18. The van der Waals surface area contributed by atoms with Crippen LogP contribution in [0.5, 0.6) is 0 Å². The second-order valence-corrected chi connectivity index (χ2v) is 7.09. The predicted octanol–water partition coefficient (Wildman–Crippen LogP) is 1.60. The molecule has 0 radical (unpaired) electrons. The van der Waals surface area contributed by atoms with Crippen LogP contribution < -0.4 is 10.9 Å². The third-order valence-corrected chi connectivity index (χ3v) is 5.36. The van der Waals surface area contributed by atoms with E-state index in [4.69, 9.17) is 0 Å². The minimum Gasteiger partial charge on any atom is -0.392 e. The molecule has 2 aromatic rings. The van der Waals surface area contributed by atoms with Gasteiger partial charge in [-0.05, 0) is 32.3 Å². The lowest BCUT2D eigenvalue weighted by atomic mass is 10.2. The van der Waals surface area contributed by atoms with Gasteiger partial charge in [-0.15, -0.1) is 11.3 Å². The third kappa shape index (κ3) is 3.03. The second kappa shape index (κ2) is 6.41. The summed E-state index contributed by atoms with van der Waals surface area (Å²) in [6.07, 6.45) is 3.36. The first-order chi connectivity index (χ1) is 11.0. The van der Waals surface area contributed by atoms with Crippen molar-refractivity contribution in [1.29, 1.82) is 0 Å². The highest BCUT2D eigenvalue weighted by Gasteiger charge is 2.22. The minimum absolute atomic E-state index is 0.0322. The molecule has 1 aliphatic heterocycles. The van der Waals surface area contributed by atoms with Crippen molar-refractivity contribution in [3.8, 4) is 0 Å². The molecule has 1 atom stereocenters. The number of aliphatic hydroxyl groups excluding tert-OH is 1. The molecular weight excluding hydrogens is 314 g/mol. The van der Waals surface area contributed by atoms with E-state index in [1.807, 2.05) is 0 Å². The number of carbonyl (C=O) groups excluding carboxylic acids is 1. The smallest absolute Gasteiger partial charge is 0.262 e. The van der Waals surface area contributed by atoms with E-state index in [1.165, 1.54) is 11.3 Å². The van der Waals surface area contributed by atoms with E-state index < -0.39 is 6.10 Å². The van der Waals surface area contributed by atoms with Gasteiger partial charge < -0.3 is 10.4 Å². The number of hydrogen-bond acceptors (Lipinski definition) is 5. The molecule has 3 heterocycles. The average molecular weight is 335 g/mol. The Morgan fingerprint density at radius 3 is 2.96 bits per heavy atom. The number of fused-ring (bicyclic) bond motifs is 2. The monoisotopic (exact) mass is 335 g/mol. The number of aromatic nitrogens is 2. The lowest BCUT2D eigenvalue weighted by molar-refractivity contribution is 0.0927. The Morgan fingerprint density at radius 1 is 1.43 bits per heavy atom. The van der Waals surface area contributed by atoms with Crippen LogP contribution in [0.3, 0.4) is 0 Å². The van der Waals surface area contributed by atoms with Crippen molar-refractivity contribution >= 4 is 27.5 Å². The molecule has 0 saturated carbocycles. The van der Waals surface area contributed by atoms with Crippen molar-refractivity contribution < 1.29 is 9.90 Å². The largest absolute Gasteiger partial charge is 0.392 e. The number of aliphatic hydroxyl groups is 1. The summed E-state index contributed by atoms with van der Waals surface area (Å²) in [6.45, 7) is 4.30. The lowest BCUT2D eigenvalue weighted by Gasteiger charge is -2.08. The standard InChI is InChI=1S/C16H21N3O3S/c1-9(20)8-17-14(21)13-10(2)12-15(23-13)18-11-6-4-3-5-7-19(11)16(12)22/h9,20H,3-8H2,1-2H3,(H,17,21)/t9-/m0/s1. The molecule has 0 saturated heterocycles. The Kier molecular flexibility index (Phi) is 4.50. The Balaban J connectivity index is 2.07. The number of thiophene rings is 1. The lowest BCUT2D eigenvalue weighted by Crippen LogP contribution is -2.30. The van der Waals surface area contributed by atoms with Gasteiger partial charge in [0.05, 0.1) is 16.4 Å². The summed E-state index contributed by atoms with van der Waals surface area (Å²) in [5, 5.41) is 12.5. The summed E-state index contributed by atoms with van der Waals surface area (Å²) in [4.78, 5) is 30.9. The highest BCUT2D eigenvalue weighted by molar-refractivity contribution is 7.20. The Bertz CT molecular complexity index is 807. The number of rotatable bonds is 3. The maximum atomic E-state index is 12.8. The van der Waals surface area contributed by atoms with Gasteiger partial charge in [-0.1, -0.05) is 6.42 Å². The fourth-order valence-electron chi connectivity index (χ4n) is 2.95. The van der Waals surface area contributed by atoms with Gasteiger partial charge in [0, 0.05) is 19.5 Å². The van der Waals surface area contributed by atoms with Gasteiger partial charge in [-0.3, -0.25) is 14.2 Å². The molecule has 0 fully saturated rings. The van der Waals surface area contributed by atoms with Crippen LogP contribution in [-0.2, 0) is 13.0 Å². The molecule has 1 amide bonds. The summed E-state index contributed by atoms with van der Waals surface area (Å²) in [6, 6.07) is 0. The maximum absolute atomic E-state index is 12.8. The van der Waals surface area contributed by atoms with Gasteiger partial charge in [0.25, 0.3) is 11.5 Å². The van der Waals surface area contributed by atoms with E-state index in [0.717, 1.165) is 31.5 Å². The van der Waals surface area contributed by atoms with Crippen LogP contribution in [0.1, 0.15) is 47.2 Å². The molecule has 2 N–H and O–H groups in total. The highest BCUT2D eigenvalue weighted by Crippen LogP contribution is 2.28. The second-order valence-electron chi connectivity index (χ2n) is 6.09. The van der Waals surface area contributed by atoms with Crippen molar-refractivity contribution in [1.82, 2.24) is 14.9 Å². The number of nitrogens with zero attached hydrogens (tertiary/aromatic N) is 2. The zero-order valence-corrected chi connectivity index (χ0v) is 14.2. The molecule has 0 unspecified atom stereocenters. The van der Waals surface area contributed by atoms with Crippen LogP contribution in [0.25, 0.3) is 10.2 Å². The molecule has 0 aliphatic carbocycles. The molecule has 0 spiro atoms. The minimum atomic E-state index is -0.603. The fourth-order valence-corrected chi connectivity index (χ4v) is 4.05. The quantitative estimate of drug-likeness (QED) is 0.892. The fraction of sp³-hybridized carbons (Fsp3) is 0.562. The van der Waals surface area contributed by atoms with Crippen LogP contribution in [0.15, 0.2) is 4.79 Å². The summed E-state index contributed by atoms with van der Waals surface area (Å²) in [7, 11) is 0. The van der Waals surface area contributed by atoms with E-state index in [1.54, 1.807) is 18.4 Å². The van der Waals surface area contributed by atoms with E-state index in [-0.39, 0.29) is 18.0 Å². The highest BCUT2D eigenvalue weighted by atomic mass is 32.1. The number of nitrogens with one attached hydrogen (secondary N) is 1. The van der Waals surface area contributed by atoms with Crippen molar-refractivity contribution in [3.05, 3.63) is 26.6 Å². The number of aryl methyl sites for hydroxylation is 2. The number of carbonyl (C=O) groups is 1. The molecule has 0 bridgehead atoms. The van der Waals surface area contributed by atoms with E-state index in [9.17, 15) is 14.7 Å². The molecule has 2 aromatic heterocycles. The molecule has 6 nitrogen and oxygen atoms in total. The van der Waals surface area contributed by atoms with Crippen LogP contribution >= 0.6 is 11.3 Å². The number of hydrogen-bond donors (Lipinski definition) is 2. The topological polar surface area (TPSA) is 84.2 Å². The van der Waals surface area contributed by atoms with Crippen molar-refractivity contribution in [2.75, 3.05) is 6.54 Å². The summed E-state index contributed by atoms with van der Waals surface area (Å²) in [5.74, 6) is 0.572. The van der Waals surface area contributed by atoms with E-state index in [2.05, 4.69) is 10.3 Å².